The van der Waals surface area contributed by atoms with Crippen LogP contribution < -0.4 is 11.1 Å². The molecule has 1 fully saturated rings. The van der Waals surface area contributed by atoms with Gasteiger partial charge >= 0.3 is 0 Å². The normalized spacial score (nSPS) is 28.3. The molecule has 0 aliphatic heterocycles. The third-order valence-electron chi connectivity index (χ3n) is 4.87. The van der Waals surface area contributed by atoms with Gasteiger partial charge in [0.1, 0.15) is 5.84 Å². The third kappa shape index (κ3) is 4.21. The van der Waals surface area contributed by atoms with E-state index >= 15 is 0 Å². The Hall–Kier alpha value is -1.55. The van der Waals surface area contributed by atoms with Gasteiger partial charge in [-0.05, 0) is 23.8 Å². The second-order valence-electron chi connectivity index (χ2n) is 6.30. The van der Waals surface area contributed by atoms with E-state index in [0.717, 1.165) is 5.92 Å². The molecule has 1 saturated carbocycles. The minimum absolute atomic E-state index is 0.0971. The molecular weight excluding hydrogens is 262 g/mol. The Morgan fingerprint density at radius 3 is 2.71 bits per heavy atom. The lowest BCUT2D eigenvalue weighted by molar-refractivity contribution is 0.194. The summed E-state index contributed by atoms with van der Waals surface area (Å²) in [6, 6.07) is 10.9. The van der Waals surface area contributed by atoms with Crippen molar-refractivity contribution in [3.05, 3.63) is 35.9 Å². The lowest BCUT2D eigenvalue weighted by Gasteiger charge is -2.37. The first-order valence-electron chi connectivity index (χ1n) is 7.89. The molecule has 1 aliphatic carbocycles. The summed E-state index contributed by atoms with van der Waals surface area (Å²) in [6.07, 6.45) is 4.31. The maximum absolute atomic E-state index is 8.87. The highest BCUT2D eigenvalue weighted by Gasteiger charge is 2.29. The number of hydrogen-bond acceptors (Lipinski definition) is 3. The first-order valence-corrected chi connectivity index (χ1v) is 7.89. The van der Waals surface area contributed by atoms with Gasteiger partial charge in [0.25, 0.3) is 0 Å². The highest BCUT2D eigenvalue weighted by Crippen LogP contribution is 2.31. The summed E-state index contributed by atoms with van der Waals surface area (Å²) >= 11 is 0. The van der Waals surface area contributed by atoms with Crippen molar-refractivity contribution in [2.75, 3.05) is 0 Å². The number of rotatable bonds is 5. The van der Waals surface area contributed by atoms with Crippen LogP contribution in [0, 0.1) is 11.8 Å². The quantitative estimate of drug-likeness (QED) is 0.337. The van der Waals surface area contributed by atoms with E-state index < -0.39 is 0 Å². The van der Waals surface area contributed by atoms with Crippen molar-refractivity contribution >= 4 is 5.84 Å². The molecule has 2 rings (SSSR count). The van der Waals surface area contributed by atoms with Gasteiger partial charge in [-0.3, -0.25) is 0 Å². The van der Waals surface area contributed by atoms with Gasteiger partial charge in [-0.15, -0.1) is 0 Å². The Labute approximate surface area is 127 Å². The van der Waals surface area contributed by atoms with Crippen LogP contribution in [-0.2, 0) is 0 Å². The summed E-state index contributed by atoms with van der Waals surface area (Å²) in [5.41, 5.74) is 6.93. The minimum Gasteiger partial charge on any atom is -0.409 e. The Morgan fingerprint density at radius 2 is 2.05 bits per heavy atom. The average Bonchev–Trinajstić information content (AvgIpc) is 2.51. The van der Waals surface area contributed by atoms with E-state index in [9.17, 15) is 0 Å². The Kier molecular flexibility index (Phi) is 5.62. The topological polar surface area (TPSA) is 70.6 Å². The molecule has 0 heterocycles. The first-order chi connectivity index (χ1) is 10.1. The van der Waals surface area contributed by atoms with Crippen LogP contribution in [0.3, 0.4) is 0 Å². The molecule has 4 atom stereocenters. The van der Waals surface area contributed by atoms with Gasteiger partial charge in [0, 0.05) is 18.5 Å². The average molecular weight is 289 g/mol. The fourth-order valence-corrected chi connectivity index (χ4v) is 3.28. The molecule has 0 aromatic heterocycles. The van der Waals surface area contributed by atoms with Crippen LogP contribution in [0.2, 0.25) is 0 Å². The van der Waals surface area contributed by atoms with Crippen LogP contribution in [0.1, 0.15) is 51.1 Å². The van der Waals surface area contributed by atoms with Gasteiger partial charge in [-0.25, -0.2) is 0 Å². The van der Waals surface area contributed by atoms with Crippen LogP contribution in [0.5, 0.6) is 0 Å². The van der Waals surface area contributed by atoms with E-state index in [0.29, 0.717) is 18.4 Å². The number of nitrogens with two attached hydrogens (primary N) is 1. The molecule has 4 N–H and O–H groups in total. The van der Waals surface area contributed by atoms with Crippen molar-refractivity contribution in [2.45, 2.75) is 51.6 Å². The summed E-state index contributed by atoms with van der Waals surface area (Å²) in [5, 5.41) is 15.7. The molecular formula is C17H27N3O. The zero-order valence-electron chi connectivity index (χ0n) is 13.0. The molecule has 1 aromatic carbocycles. The van der Waals surface area contributed by atoms with Gasteiger partial charge in [0.15, 0.2) is 0 Å². The third-order valence-corrected chi connectivity index (χ3v) is 4.87. The maximum atomic E-state index is 8.87. The zero-order chi connectivity index (χ0) is 15.2. The fraction of sp³-hybridized carbons (Fsp3) is 0.588. The highest BCUT2D eigenvalue weighted by molar-refractivity contribution is 5.80. The number of amidine groups is 1. The Morgan fingerprint density at radius 1 is 1.33 bits per heavy atom. The van der Waals surface area contributed by atoms with Crippen LogP contribution in [0.25, 0.3) is 0 Å². The van der Waals surface area contributed by atoms with E-state index in [1.165, 1.54) is 24.8 Å². The standard InChI is InChI=1S/C17H27N3O/c1-12-7-6-10-15(13(12)2)19-16(11-17(18)20-21)14-8-4-3-5-9-14/h3-5,8-9,12-13,15-16,19,21H,6-7,10-11H2,1-2H3,(H2,18,20). The molecule has 116 valence electrons. The molecule has 0 spiro atoms. The monoisotopic (exact) mass is 289 g/mol. The molecule has 1 aliphatic rings. The van der Waals surface area contributed by atoms with Crippen molar-refractivity contribution in [2.24, 2.45) is 22.7 Å². The second kappa shape index (κ2) is 7.46. The van der Waals surface area contributed by atoms with Gasteiger partial charge in [-0.2, -0.15) is 0 Å². The number of nitrogens with one attached hydrogen (secondary N) is 1. The molecule has 0 radical (unpaired) electrons. The van der Waals surface area contributed by atoms with Gasteiger partial charge in [0.05, 0.1) is 0 Å². The van der Waals surface area contributed by atoms with Gasteiger partial charge in [-0.1, -0.05) is 62.2 Å². The van der Waals surface area contributed by atoms with Crippen LogP contribution >= 0.6 is 0 Å². The largest absolute Gasteiger partial charge is 0.409 e. The summed E-state index contributed by atoms with van der Waals surface area (Å²) in [6.45, 7) is 4.66. The molecule has 21 heavy (non-hydrogen) atoms. The molecule has 4 unspecified atom stereocenters. The lowest BCUT2D eigenvalue weighted by atomic mass is 9.77. The second-order valence-corrected chi connectivity index (χ2v) is 6.30. The van der Waals surface area contributed by atoms with E-state index in [4.69, 9.17) is 10.9 Å². The SMILES string of the molecule is CC1CCCC(NC(CC(N)=NO)c2ccccc2)C1C. The van der Waals surface area contributed by atoms with Gasteiger partial charge in [0.2, 0.25) is 0 Å². The van der Waals surface area contributed by atoms with Crippen LogP contribution in [0.15, 0.2) is 35.5 Å². The van der Waals surface area contributed by atoms with Crippen molar-refractivity contribution < 1.29 is 5.21 Å². The molecule has 0 bridgehead atoms. The first kappa shape index (κ1) is 15.8. The van der Waals surface area contributed by atoms with Crippen LogP contribution in [-0.4, -0.2) is 17.1 Å². The predicted octanol–water partition coefficient (Wildman–Crippen LogP) is 3.28. The zero-order valence-corrected chi connectivity index (χ0v) is 13.0. The van der Waals surface area contributed by atoms with Crippen LogP contribution in [0.4, 0.5) is 0 Å². The van der Waals surface area contributed by atoms with E-state index in [2.05, 4.69) is 36.5 Å². The van der Waals surface area contributed by atoms with Gasteiger partial charge < -0.3 is 16.3 Å². The van der Waals surface area contributed by atoms with E-state index in [1.54, 1.807) is 0 Å². The highest BCUT2D eigenvalue weighted by atomic mass is 16.4. The molecule has 4 heteroatoms. The van der Waals surface area contributed by atoms with Crippen molar-refractivity contribution in [3.8, 4) is 0 Å². The maximum Gasteiger partial charge on any atom is 0.141 e. The molecule has 1 aromatic rings. The Balaban J connectivity index is 2.12. The Bertz CT molecular complexity index is 460. The van der Waals surface area contributed by atoms with E-state index in [-0.39, 0.29) is 11.9 Å². The molecule has 0 saturated heterocycles. The number of nitrogens with zero attached hydrogens (tertiary/aromatic N) is 1. The number of oxime groups is 1. The number of benzene rings is 1. The summed E-state index contributed by atoms with van der Waals surface area (Å²) in [4.78, 5) is 0. The van der Waals surface area contributed by atoms with Crippen molar-refractivity contribution in [3.63, 3.8) is 0 Å². The predicted molar refractivity (Wildman–Crippen MR) is 86.3 cm³/mol. The fourth-order valence-electron chi connectivity index (χ4n) is 3.28. The molecule has 0 amide bonds. The summed E-state index contributed by atoms with van der Waals surface area (Å²) in [7, 11) is 0. The summed E-state index contributed by atoms with van der Waals surface area (Å²) < 4.78 is 0. The minimum atomic E-state index is 0.0971. The lowest BCUT2D eigenvalue weighted by Crippen LogP contribution is -2.43. The van der Waals surface area contributed by atoms with Crippen molar-refractivity contribution in [1.29, 1.82) is 0 Å². The molecule has 4 nitrogen and oxygen atoms in total. The summed E-state index contributed by atoms with van der Waals surface area (Å²) in [5.74, 6) is 1.67. The van der Waals surface area contributed by atoms with Crippen molar-refractivity contribution in [1.82, 2.24) is 5.32 Å². The number of hydrogen-bond donors (Lipinski definition) is 3. The smallest absolute Gasteiger partial charge is 0.141 e. The van der Waals surface area contributed by atoms with E-state index in [1.807, 2.05) is 18.2 Å².